The number of hydrogen-bond acceptors (Lipinski definition) is 4. The molecule has 192 valence electrons. The lowest BCUT2D eigenvalue weighted by Crippen LogP contribution is -2.39. The van der Waals surface area contributed by atoms with Crippen molar-refractivity contribution in [1.29, 1.82) is 0 Å². The number of carbonyl (C=O) groups excluding carboxylic acids is 1. The molecule has 0 radical (unpaired) electrons. The van der Waals surface area contributed by atoms with Crippen molar-refractivity contribution in [2.45, 2.75) is 70.3 Å². The summed E-state index contributed by atoms with van der Waals surface area (Å²) < 4.78 is 7.73. The number of benzene rings is 2. The average molecular weight is 518 g/mol. The Bertz CT molecular complexity index is 1510. The van der Waals surface area contributed by atoms with Crippen LogP contribution in [0.2, 0.25) is 5.02 Å². The van der Waals surface area contributed by atoms with Gasteiger partial charge in [0.05, 0.1) is 27.0 Å². The van der Waals surface area contributed by atoms with Crippen molar-refractivity contribution in [1.82, 2.24) is 14.5 Å². The second kappa shape index (κ2) is 8.73. The largest absolute Gasteiger partial charge is 0.444 e. The van der Waals surface area contributed by atoms with Gasteiger partial charge >= 0.3 is 6.09 Å². The van der Waals surface area contributed by atoms with E-state index in [0.717, 1.165) is 49.1 Å². The maximum atomic E-state index is 13.2. The van der Waals surface area contributed by atoms with Crippen molar-refractivity contribution < 1.29 is 9.53 Å². The molecule has 37 heavy (non-hydrogen) atoms. The van der Waals surface area contributed by atoms with Crippen LogP contribution in [0.1, 0.15) is 76.2 Å². The van der Waals surface area contributed by atoms with E-state index in [-0.39, 0.29) is 17.1 Å². The number of amides is 1. The van der Waals surface area contributed by atoms with Gasteiger partial charge in [-0.05, 0) is 81.0 Å². The molecule has 6 nitrogen and oxygen atoms in total. The molecule has 0 bridgehead atoms. The van der Waals surface area contributed by atoms with Gasteiger partial charge in [0, 0.05) is 13.1 Å². The Hall–Kier alpha value is -3.12. The lowest BCUT2D eigenvalue weighted by atomic mass is 9.69. The highest BCUT2D eigenvalue weighted by molar-refractivity contribution is 6.35. The van der Waals surface area contributed by atoms with E-state index in [1.54, 1.807) is 11.0 Å². The third-order valence-corrected chi connectivity index (χ3v) is 8.30. The molecule has 1 aliphatic carbocycles. The molecule has 1 fully saturated rings. The van der Waals surface area contributed by atoms with Crippen molar-refractivity contribution in [2.75, 3.05) is 13.1 Å². The number of fused-ring (bicyclic) bond motifs is 7. The number of carbonyl (C=O) groups is 1. The van der Waals surface area contributed by atoms with E-state index in [1.807, 2.05) is 32.9 Å². The van der Waals surface area contributed by atoms with Crippen LogP contribution in [0.3, 0.4) is 0 Å². The highest BCUT2D eigenvalue weighted by atomic mass is 35.5. The van der Waals surface area contributed by atoms with E-state index < -0.39 is 5.60 Å². The van der Waals surface area contributed by atoms with Crippen LogP contribution in [-0.4, -0.2) is 39.2 Å². The van der Waals surface area contributed by atoms with Crippen LogP contribution in [0.4, 0.5) is 4.79 Å². The van der Waals surface area contributed by atoms with Crippen LogP contribution in [0.25, 0.3) is 22.2 Å². The smallest absolute Gasteiger partial charge is 0.410 e. The van der Waals surface area contributed by atoms with Crippen molar-refractivity contribution >= 4 is 34.2 Å². The molecule has 0 unspecified atom stereocenters. The summed E-state index contributed by atoms with van der Waals surface area (Å²) in [5.41, 5.74) is 4.55. The predicted molar refractivity (Wildman–Crippen MR) is 147 cm³/mol. The molecule has 2 aliphatic heterocycles. The second-order valence-electron chi connectivity index (χ2n) is 11.5. The molecule has 2 aromatic carbocycles. The average Bonchev–Trinajstić information content (AvgIpc) is 3.12. The summed E-state index contributed by atoms with van der Waals surface area (Å²) in [6.07, 6.45) is 8.02. The summed E-state index contributed by atoms with van der Waals surface area (Å²) in [5, 5.41) is 0.919. The second-order valence-corrected chi connectivity index (χ2v) is 11.9. The summed E-state index contributed by atoms with van der Waals surface area (Å²) in [4.78, 5) is 32.1. The maximum absolute atomic E-state index is 13.2. The van der Waals surface area contributed by atoms with Gasteiger partial charge in [0.2, 0.25) is 0 Å². The first-order valence-electron chi connectivity index (χ1n) is 13.2. The van der Waals surface area contributed by atoms with Gasteiger partial charge < -0.3 is 9.64 Å². The fourth-order valence-corrected chi connectivity index (χ4v) is 6.55. The zero-order valence-corrected chi connectivity index (χ0v) is 22.4. The van der Waals surface area contributed by atoms with Crippen LogP contribution in [0.15, 0.2) is 47.3 Å². The minimum atomic E-state index is -0.506. The number of halogens is 1. The zero-order valence-electron chi connectivity index (χ0n) is 21.6. The summed E-state index contributed by atoms with van der Waals surface area (Å²) in [6.45, 7) is 6.83. The van der Waals surface area contributed by atoms with Gasteiger partial charge in [-0.1, -0.05) is 49.1 Å². The summed E-state index contributed by atoms with van der Waals surface area (Å²) in [6, 6.07) is 12.3. The summed E-state index contributed by atoms with van der Waals surface area (Å²) >= 11 is 6.47. The Morgan fingerprint density at radius 1 is 1.11 bits per heavy atom. The number of hydrogen-bond donors (Lipinski definition) is 0. The number of ether oxygens (including phenoxy) is 1. The van der Waals surface area contributed by atoms with Crippen LogP contribution in [0.5, 0.6) is 0 Å². The molecule has 1 amide bonds. The molecule has 1 spiro atoms. The topological polar surface area (TPSA) is 64.4 Å². The van der Waals surface area contributed by atoms with Gasteiger partial charge in [-0.2, -0.15) is 4.98 Å². The Morgan fingerprint density at radius 2 is 1.89 bits per heavy atom. The SMILES string of the molecule is CC(C)(C)OC(=O)N1CC=C(c2ccc3c(c2)C2(CCCCC2)c2nc(=O)c4c(Cl)cccc4n2-3)CC1. The molecule has 3 aliphatic rings. The fourth-order valence-electron chi connectivity index (χ4n) is 6.30. The fraction of sp³-hybridized carbons (Fsp3) is 0.433. The predicted octanol–water partition coefficient (Wildman–Crippen LogP) is 6.63. The molecule has 0 atom stereocenters. The first-order chi connectivity index (χ1) is 17.7. The van der Waals surface area contributed by atoms with E-state index in [0.29, 0.717) is 23.5 Å². The third-order valence-electron chi connectivity index (χ3n) is 7.99. The van der Waals surface area contributed by atoms with E-state index in [4.69, 9.17) is 16.3 Å². The molecule has 7 heteroatoms. The lowest BCUT2D eigenvalue weighted by Gasteiger charge is -2.34. The molecule has 3 heterocycles. The molecule has 1 saturated carbocycles. The highest BCUT2D eigenvalue weighted by Crippen LogP contribution is 2.52. The third kappa shape index (κ3) is 3.97. The van der Waals surface area contributed by atoms with Crippen molar-refractivity contribution in [3.63, 3.8) is 0 Å². The maximum Gasteiger partial charge on any atom is 0.410 e. The normalized spacial score (nSPS) is 18.5. The van der Waals surface area contributed by atoms with Gasteiger partial charge in [-0.25, -0.2) is 4.79 Å². The molecular formula is C30H32ClN3O3. The van der Waals surface area contributed by atoms with Gasteiger partial charge in [0.15, 0.2) is 0 Å². The standard InChI is InChI=1S/C30H32ClN3O3/c1-29(2,3)37-28(36)33-16-12-19(13-17-33)20-10-11-23-21(18-20)30(14-5-4-6-15-30)27-32-26(35)25-22(31)8-7-9-24(25)34(23)27/h7-12,18H,4-6,13-17H2,1-3H3. The van der Waals surface area contributed by atoms with E-state index in [9.17, 15) is 9.59 Å². The Labute approximate surface area is 221 Å². The van der Waals surface area contributed by atoms with E-state index >= 15 is 0 Å². The monoisotopic (exact) mass is 517 g/mol. The Morgan fingerprint density at radius 3 is 2.59 bits per heavy atom. The van der Waals surface area contributed by atoms with Crippen LogP contribution in [0, 0.1) is 0 Å². The number of rotatable bonds is 1. The van der Waals surface area contributed by atoms with E-state index in [2.05, 4.69) is 33.8 Å². The van der Waals surface area contributed by atoms with Crippen LogP contribution >= 0.6 is 11.6 Å². The first kappa shape index (κ1) is 24.2. The molecular weight excluding hydrogens is 486 g/mol. The molecule has 1 aromatic heterocycles. The minimum Gasteiger partial charge on any atom is -0.444 e. The van der Waals surface area contributed by atoms with Crippen molar-refractivity contribution in [2.24, 2.45) is 0 Å². The summed E-state index contributed by atoms with van der Waals surface area (Å²) in [5.74, 6) is 0.854. The molecule has 0 N–H and O–H groups in total. The Balaban J connectivity index is 1.43. The van der Waals surface area contributed by atoms with Crippen LogP contribution in [-0.2, 0) is 10.2 Å². The molecule has 3 aromatic rings. The summed E-state index contributed by atoms with van der Waals surface area (Å²) in [7, 11) is 0. The zero-order chi connectivity index (χ0) is 25.9. The lowest BCUT2D eigenvalue weighted by molar-refractivity contribution is 0.0270. The highest BCUT2D eigenvalue weighted by Gasteiger charge is 2.46. The first-order valence-corrected chi connectivity index (χ1v) is 13.6. The molecule has 0 saturated heterocycles. The number of aromatic nitrogens is 2. The van der Waals surface area contributed by atoms with Gasteiger partial charge in [0.1, 0.15) is 11.4 Å². The van der Waals surface area contributed by atoms with Gasteiger partial charge in [-0.3, -0.25) is 9.36 Å². The quantitative estimate of drug-likeness (QED) is 0.363. The van der Waals surface area contributed by atoms with Crippen LogP contribution < -0.4 is 5.56 Å². The Kier molecular flexibility index (Phi) is 5.72. The number of nitrogens with zero attached hydrogens (tertiary/aromatic N) is 3. The van der Waals surface area contributed by atoms with Gasteiger partial charge in [-0.15, -0.1) is 0 Å². The molecule has 6 rings (SSSR count). The van der Waals surface area contributed by atoms with E-state index in [1.165, 1.54) is 23.1 Å². The van der Waals surface area contributed by atoms with Crippen molar-refractivity contribution in [3.05, 3.63) is 74.8 Å². The van der Waals surface area contributed by atoms with Gasteiger partial charge in [0.25, 0.3) is 5.56 Å². The minimum absolute atomic E-state index is 0.248. The van der Waals surface area contributed by atoms with Crippen molar-refractivity contribution in [3.8, 4) is 5.69 Å².